The number of sulfonamides is 1. The number of para-hydroxylation sites is 2. The third kappa shape index (κ3) is 4.41. The lowest BCUT2D eigenvalue weighted by atomic mass is 10.3. The van der Waals surface area contributed by atoms with E-state index in [9.17, 15) is 13.2 Å². The molecule has 3 aromatic rings. The number of carbonyl (C=O) groups excluding carboxylic acids is 1. The van der Waals surface area contributed by atoms with Crippen LogP contribution in [0.15, 0.2) is 47.4 Å². The molecule has 0 atom stereocenters. The Bertz CT molecular complexity index is 1060. The van der Waals surface area contributed by atoms with Crippen LogP contribution in [0.4, 0.5) is 5.95 Å². The van der Waals surface area contributed by atoms with E-state index in [-0.39, 0.29) is 23.8 Å². The molecule has 0 aliphatic heterocycles. The van der Waals surface area contributed by atoms with Crippen LogP contribution in [0.2, 0.25) is 0 Å². The van der Waals surface area contributed by atoms with Gasteiger partial charge in [0.15, 0.2) is 11.5 Å². The van der Waals surface area contributed by atoms with Crippen molar-refractivity contribution in [1.29, 1.82) is 0 Å². The lowest BCUT2D eigenvalue weighted by Gasteiger charge is -2.11. The molecule has 0 aliphatic rings. The monoisotopic (exact) mass is 404 g/mol. The second kappa shape index (κ2) is 8.28. The zero-order valence-electron chi connectivity index (χ0n) is 15.4. The first-order valence-electron chi connectivity index (χ1n) is 8.39. The molecule has 9 nitrogen and oxygen atoms in total. The van der Waals surface area contributed by atoms with Gasteiger partial charge in [-0.2, -0.15) is 0 Å². The van der Waals surface area contributed by atoms with E-state index < -0.39 is 10.0 Å². The predicted octanol–water partition coefficient (Wildman–Crippen LogP) is 1.89. The molecule has 2 aromatic carbocycles. The highest BCUT2D eigenvalue weighted by atomic mass is 32.2. The van der Waals surface area contributed by atoms with Crippen LogP contribution in [-0.4, -0.2) is 45.1 Å². The normalized spacial score (nSPS) is 11.4. The molecule has 1 amide bonds. The largest absolute Gasteiger partial charge is 0.493 e. The number of ether oxygens (including phenoxy) is 2. The number of aromatic amines is 1. The Morgan fingerprint density at radius 3 is 2.57 bits per heavy atom. The number of amides is 1. The zero-order chi connectivity index (χ0) is 20.1. The number of rotatable bonds is 8. The van der Waals surface area contributed by atoms with Crippen LogP contribution >= 0.6 is 0 Å². The number of hydrogen-bond acceptors (Lipinski definition) is 6. The number of nitrogens with zero attached hydrogens (tertiary/aromatic N) is 1. The first kappa shape index (κ1) is 19.6. The van der Waals surface area contributed by atoms with Crippen molar-refractivity contribution in [2.24, 2.45) is 0 Å². The highest BCUT2D eigenvalue weighted by Gasteiger charge is 2.17. The Balaban J connectivity index is 1.58. The second-order valence-corrected chi connectivity index (χ2v) is 7.58. The molecule has 0 spiro atoms. The number of imidazole rings is 1. The van der Waals surface area contributed by atoms with Crippen LogP contribution in [0.25, 0.3) is 11.0 Å². The Morgan fingerprint density at radius 2 is 1.86 bits per heavy atom. The van der Waals surface area contributed by atoms with Crippen molar-refractivity contribution >= 4 is 32.9 Å². The number of carbonyl (C=O) groups is 1. The Labute approximate surface area is 162 Å². The molecule has 3 N–H and O–H groups in total. The van der Waals surface area contributed by atoms with E-state index in [0.717, 1.165) is 11.0 Å². The van der Waals surface area contributed by atoms with Gasteiger partial charge in [0.25, 0.3) is 0 Å². The van der Waals surface area contributed by atoms with Gasteiger partial charge in [-0.1, -0.05) is 12.1 Å². The van der Waals surface area contributed by atoms with Gasteiger partial charge in [0.05, 0.1) is 30.1 Å². The third-order valence-corrected chi connectivity index (χ3v) is 5.42. The molecule has 0 radical (unpaired) electrons. The average molecular weight is 404 g/mol. The minimum Gasteiger partial charge on any atom is -0.493 e. The summed E-state index contributed by atoms with van der Waals surface area (Å²) in [5, 5.41) is 2.61. The van der Waals surface area contributed by atoms with Gasteiger partial charge in [-0.25, -0.2) is 18.1 Å². The highest BCUT2D eigenvalue weighted by Crippen LogP contribution is 2.29. The van der Waals surface area contributed by atoms with Crippen LogP contribution in [0.3, 0.4) is 0 Å². The first-order valence-corrected chi connectivity index (χ1v) is 9.87. The van der Waals surface area contributed by atoms with Crippen molar-refractivity contribution in [3.63, 3.8) is 0 Å². The average Bonchev–Trinajstić information content (AvgIpc) is 3.09. The lowest BCUT2D eigenvalue weighted by molar-refractivity contribution is -0.116. The number of H-pyrrole nitrogens is 1. The summed E-state index contributed by atoms with van der Waals surface area (Å²) in [6, 6.07) is 11.6. The molecular formula is C18H20N4O5S. The summed E-state index contributed by atoms with van der Waals surface area (Å²) in [5.74, 6) is 0.669. The summed E-state index contributed by atoms with van der Waals surface area (Å²) < 4.78 is 37.4. The quantitative estimate of drug-likeness (QED) is 0.527. The van der Waals surface area contributed by atoms with E-state index in [1.807, 2.05) is 24.3 Å². The highest BCUT2D eigenvalue weighted by molar-refractivity contribution is 7.89. The molecule has 0 aliphatic carbocycles. The smallest absolute Gasteiger partial charge is 0.240 e. The molecule has 3 rings (SSSR count). The van der Waals surface area contributed by atoms with Crippen molar-refractivity contribution < 1.29 is 22.7 Å². The van der Waals surface area contributed by atoms with Crippen LogP contribution in [0.5, 0.6) is 11.5 Å². The molecule has 1 aromatic heterocycles. The fourth-order valence-corrected chi connectivity index (χ4v) is 3.62. The summed E-state index contributed by atoms with van der Waals surface area (Å²) >= 11 is 0. The molecule has 0 bridgehead atoms. The Morgan fingerprint density at radius 1 is 1.11 bits per heavy atom. The summed E-state index contributed by atoms with van der Waals surface area (Å²) in [4.78, 5) is 19.3. The number of nitrogens with one attached hydrogen (secondary N) is 3. The molecule has 0 saturated carbocycles. The second-order valence-electron chi connectivity index (χ2n) is 5.82. The van der Waals surface area contributed by atoms with E-state index in [1.165, 1.54) is 32.4 Å². The van der Waals surface area contributed by atoms with Gasteiger partial charge in [-0.15, -0.1) is 0 Å². The van der Waals surface area contributed by atoms with E-state index in [1.54, 1.807) is 0 Å². The number of hydrogen-bond donors (Lipinski definition) is 3. The molecule has 0 saturated heterocycles. The van der Waals surface area contributed by atoms with Gasteiger partial charge in [-0.3, -0.25) is 10.1 Å². The van der Waals surface area contributed by atoms with E-state index in [4.69, 9.17) is 9.47 Å². The maximum absolute atomic E-state index is 12.4. The van der Waals surface area contributed by atoms with Gasteiger partial charge in [0.1, 0.15) is 0 Å². The summed E-state index contributed by atoms with van der Waals surface area (Å²) in [6.07, 6.45) is -0.0520. The lowest BCUT2D eigenvalue weighted by Crippen LogP contribution is -2.28. The maximum atomic E-state index is 12.4. The van der Waals surface area contributed by atoms with Crippen molar-refractivity contribution in [3.05, 3.63) is 42.5 Å². The summed E-state index contributed by atoms with van der Waals surface area (Å²) in [7, 11) is -0.912. The van der Waals surface area contributed by atoms with Crippen LogP contribution in [0, 0.1) is 0 Å². The SMILES string of the molecule is COc1ccc(S(=O)(=O)NCCC(=O)Nc2nc3ccccc3[nH]2)cc1OC. The van der Waals surface area contributed by atoms with Gasteiger partial charge in [0.2, 0.25) is 21.9 Å². The number of aromatic nitrogens is 2. The fraction of sp³-hybridized carbons (Fsp3) is 0.222. The number of methoxy groups -OCH3 is 2. The number of benzene rings is 2. The van der Waals surface area contributed by atoms with Crippen molar-refractivity contribution in [2.75, 3.05) is 26.1 Å². The van der Waals surface area contributed by atoms with Gasteiger partial charge in [-0.05, 0) is 24.3 Å². The first-order chi connectivity index (χ1) is 13.4. The molecule has 1 heterocycles. The Hall–Kier alpha value is -3.11. The Kier molecular flexibility index (Phi) is 5.81. The van der Waals surface area contributed by atoms with Gasteiger partial charge in [0, 0.05) is 19.0 Å². The molecular weight excluding hydrogens is 384 g/mol. The minimum absolute atomic E-state index is 0.0165. The summed E-state index contributed by atoms with van der Waals surface area (Å²) in [6.45, 7) is -0.0667. The van der Waals surface area contributed by atoms with Crippen molar-refractivity contribution in [1.82, 2.24) is 14.7 Å². The molecule has 148 valence electrons. The topological polar surface area (TPSA) is 122 Å². The molecule has 10 heteroatoms. The standard InChI is InChI=1S/C18H20N4O5S/c1-26-15-8-7-12(11-16(15)27-2)28(24,25)19-10-9-17(23)22-18-20-13-5-3-4-6-14(13)21-18/h3-8,11,19H,9-10H2,1-2H3,(H2,20,21,22,23). The van der Waals surface area contributed by atoms with Gasteiger partial charge < -0.3 is 14.5 Å². The fourth-order valence-electron chi connectivity index (χ4n) is 2.57. The van der Waals surface area contributed by atoms with E-state index >= 15 is 0 Å². The van der Waals surface area contributed by atoms with E-state index in [2.05, 4.69) is 20.0 Å². The number of fused-ring (bicyclic) bond motifs is 1. The van der Waals surface area contributed by atoms with Crippen molar-refractivity contribution in [2.45, 2.75) is 11.3 Å². The summed E-state index contributed by atoms with van der Waals surface area (Å²) in [5.41, 5.74) is 1.53. The minimum atomic E-state index is -3.80. The van der Waals surface area contributed by atoms with Crippen LogP contribution < -0.4 is 19.5 Å². The van der Waals surface area contributed by atoms with Crippen LogP contribution in [-0.2, 0) is 14.8 Å². The molecule has 0 fully saturated rings. The van der Waals surface area contributed by atoms with Gasteiger partial charge >= 0.3 is 0 Å². The van der Waals surface area contributed by atoms with Crippen molar-refractivity contribution in [3.8, 4) is 11.5 Å². The maximum Gasteiger partial charge on any atom is 0.240 e. The zero-order valence-corrected chi connectivity index (χ0v) is 16.2. The number of anilines is 1. The molecule has 28 heavy (non-hydrogen) atoms. The molecule has 0 unspecified atom stereocenters. The predicted molar refractivity (Wildman–Crippen MR) is 104 cm³/mol. The van der Waals surface area contributed by atoms with Crippen LogP contribution in [0.1, 0.15) is 6.42 Å². The third-order valence-electron chi connectivity index (χ3n) is 3.96. The van der Waals surface area contributed by atoms with E-state index in [0.29, 0.717) is 17.4 Å².